The van der Waals surface area contributed by atoms with Crippen LogP contribution in [0.4, 0.5) is 11.6 Å². The van der Waals surface area contributed by atoms with Crippen LogP contribution in [0.1, 0.15) is 58.4 Å². The number of hydrogen-bond donors (Lipinski definition) is 4. The highest BCUT2D eigenvalue weighted by molar-refractivity contribution is 7.54. The minimum atomic E-state index is -4.86. The Bertz CT molecular complexity index is 2070. The number of likely N-dealkylation sites (tertiary alicyclic amines) is 1. The van der Waals surface area contributed by atoms with Crippen molar-refractivity contribution >= 4 is 50.5 Å². The van der Waals surface area contributed by atoms with Gasteiger partial charge >= 0.3 is 27.5 Å². The highest BCUT2D eigenvalue weighted by Gasteiger charge is 2.59. The molecule has 3 aromatic rings. The Morgan fingerprint density at radius 3 is 2.68 bits per heavy atom. The van der Waals surface area contributed by atoms with Gasteiger partial charge in [-0.2, -0.15) is 4.98 Å². The number of carbonyl (C=O) groups excluding carboxylic acids is 2. The van der Waals surface area contributed by atoms with Gasteiger partial charge in [0.1, 0.15) is 66.2 Å². The third-order valence-electron chi connectivity index (χ3n) is 10.1. The molecule has 56 heavy (non-hydrogen) atoms. The number of esters is 1. The van der Waals surface area contributed by atoms with E-state index in [1.54, 1.807) is 10.6 Å². The number of rotatable bonds is 16. The van der Waals surface area contributed by atoms with Crippen molar-refractivity contribution in [3.05, 3.63) is 48.1 Å². The lowest BCUT2D eigenvalue weighted by molar-refractivity contribution is -0.161. The second kappa shape index (κ2) is 17.1. The van der Waals surface area contributed by atoms with E-state index in [0.29, 0.717) is 24.2 Å². The van der Waals surface area contributed by atoms with E-state index in [2.05, 4.69) is 26.5 Å². The Hall–Kier alpha value is -4.24. The molecule has 3 aliphatic heterocycles. The average Bonchev–Trinajstić information content (AvgIpc) is 3.94. The standard InChI is InChI=1S/C32H43N9O13P2/c1-4-6-7-24(42)40-13-18(49-5-2)10-19(40)30(43)53-20-11-25(41-17-37-27-28(34)35-16-36-29(27)41)52-21(20)14-51-56(47,48)32(3)12-26(54-22(32)15-50-55(45)46)39-9-8-23(33)38-31(39)44/h4,8-9,16-22,25-26H,1,5-7,10-15H2,2-3H3,(H5-,33,34,35,36,38,44,45,46,47,48)/p+1/t18?,19-,20?,21+,22+,25+,26+,32+/m0/s1. The first kappa shape index (κ1) is 41.4. The summed E-state index contributed by atoms with van der Waals surface area (Å²) in [4.78, 5) is 78.3. The Morgan fingerprint density at radius 2 is 1.96 bits per heavy atom. The van der Waals surface area contributed by atoms with E-state index < -0.39 is 88.8 Å². The van der Waals surface area contributed by atoms with Gasteiger partial charge in [0.25, 0.3) is 0 Å². The van der Waals surface area contributed by atoms with Crippen LogP contribution in [0, 0.1) is 0 Å². The summed E-state index contributed by atoms with van der Waals surface area (Å²) in [7, 11) is -7.99. The fourth-order valence-electron chi connectivity index (χ4n) is 7.12. The SMILES string of the molecule is C=CCCC(=O)N1CC(OCC)C[C@H]1C(=O)OC1C[C@H](n2cnc3c(N)ncnc32)O[C@@H]1COP(=O)(O)[C@]1(C)C[C@H](n2ccc(N)nc2=O)O[C@@H]1CO[P+](=O)O. The van der Waals surface area contributed by atoms with E-state index in [1.165, 1.54) is 36.7 Å². The number of allylic oxidation sites excluding steroid dienone is 1. The molecule has 0 saturated carbocycles. The van der Waals surface area contributed by atoms with Gasteiger partial charge in [-0.15, -0.1) is 16.0 Å². The number of amides is 1. The lowest BCUT2D eigenvalue weighted by Gasteiger charge is -2.33. The fraction of sp³-hybridized carbons (Fsp3) is 0.594. The zero-order chi connectivity index (χ0) is 40.4. The number of nitrogens with zero attached hydrogens (tertiary/aromatic N) is 7. The summed E-state index contributed by atoms with van der Waals surface area (Å²) >= 11 is 0. The Balaban J connectivity index is 1.26. The monoisotopic (exact) mass is 824 g/mol. The fourth-order valence-corrected chi connectivity index (χ4v) is 8.92. The summed E-state index contributed by atoms with van der Waals surface area (Å²) in [6, 6.07) is 0.357. The lowest BCUT2D eigenvalue weighted by atomic mass is 10.0. The normalized spacial score (nSPS) is 29.0. The molecule has 24 heteroatoms. The summed E-state index contributed by atoms with van der Waals surface area (Å²) in [5, 5.41) is -1.83. The average molecular weight is 825 g/mol. The van der Waals surface area contributed by atoms with Gasteiger partial charge in [-0.1, -0.05) is 6.08 Å². The van der Waals surface area contributed by atoms with Crippen molar-refractivity contribution in [1.82, 2.24) is 34.0 Å². The first-order chi connectivity index (χ1) is 26.6. The van der Waals surface area contributed by atoms with Crippen LogP contribution in [0.2, 0.25) is 0 Å². The van der Waals surface area contributed by atoms with Crippen molar-refractivity contribution in [2.75, 3.05) is 37.8 Å². The van der Waals surface area contributed by atoms with Gasteiger partial charge in [0, 0.05) is 49.6 Å². The van der Waals surface area contributed by atoms with Gasteiger partial charge in [-0.25, -0.2) is 24.5 Å². The molecule has 0 bridgehead atoms. The molecule has 0 spiro atoms. The van der Waals surface area contributed by atoms with Crippen LogP contribution in [-0.2, 0) is 46.7 Å². The smallest absolute Gasteiger partial charge is 0.458 e. The van der Waals surface area contributed by atoms with Crippen molar-refractivity contribution in [2.45, 2.75) is 94.0 Å². The van der Waals surface area contributed by atoms with Crippen LogP contribution in [-0.4, -0.2) is 118 Å². The summed E-state index contributed by atoms with van der Waals surface area (Å²) in [5.74, 6) is -0.943. The molecular weight excluding hydrogens is 780 g/mol. The maximum absolute atomic E-state index is 14.3. The second-order valence-electron chi connectivity index (χ2n) is 13.7. The van der Waals surface area contributed by atoms with Crippen LogP contribution in [0.5, 0.6) is 0 Å². The molecule has 0 aromatic carbocycles. The quantitative estimate of drug-likeness (QED) is 0.0900. The highest BCUT2D eigenvalue weighted by atomic mass is 31.2. The Kier molecular flexibility index (Phi) is 12.6. The Morgan fingerprint density at radius 1 is 1.18 bits per heavy atom. The number of fused-ring (bicyclic) bond motifs is 1. The number of carbonyl (C=O) groups is 2. The molecular formula is C32H44N9O13P2+. The maximum Gasteiger partial charge on any atom is 0.694 e. The first-order valence-electron chi connectivity index (χ1n) is 17.7. The van der Waals surface area contributed by atoms with Crippen LogP contribution >= 0.6 is 15.9 Å². The summed E-state index contributed by atoms with van der Waals surface area (Å²) in [6.07, 6.45) is -0.0197. The van der Waals surface area contributed by atoms with Gasteiger partial charge in [0.2, 0.25) is 5.91 Å². The van der Waals surface area contributed by atoms with Crippen molar-refractivity contribution < 1.29 is 56.5 Å². The largest absolute Gasteiger partial charge is 0.694 e. The van der Waals surface area contributed by atoms with Gasteiger partial charge < -0.3 is 44.7 Å². The zero-order valence-corrected chi connectivity index (χ0v) is 32.4. The number of nitrogen functional groups attached to an aromatic ring is 2. The topological polar surface area (TPSA) is 298 Å². The first-order valence-corrected chi connectivity index (χ1v) is 20.4. The molecule has 3 fully saturated rings. The lowest BCUT2D eigenvalue weighted by Crippen LogP contribution is -2.44. The van der Waals surface area contributed by atoms with Crippen LogP contribution in [0.15, 0.2) is 42.4 Å². The predicted molar refractivity (Wildman–Crippen MR) is 195 cm³/mol. The molecule has 6 rings (SSSR count). The van der Waals surface area contributed by atoms with Gasteiger partial charge in [-0.05, 0) is 26.3 Å². The van der Waals surface area contributed by atoms with Crippen LogP contribution in [0.25, 0.3) is 11.2 Å². The maximum atomic E-state index is 14.3. The zero-order valence-electron chi connectivity index (χ0n) is 30.6. The molecule has 6 heterocycles. The molecule has 3 aliphatic rings. The van der Waals surface area contributed by atoms with E-state index in [0.717, 1.165) is 4.57 Å². The minimum Gasteiger partial charge on any atom is -0.458 e. The van der Waals surface area contributed by atoms with E-state index in [9.17, 15) is 33.3 Å². The number of aromatic nitrogens is 6. The minimum absolute atomic E-state index is 0.00635. The van der Waals surface area contributed by atoms with Gasteiger partial charge in [-0.3, -0.25) is 18.5 Å². The number of ether oxygens (including phenoxy) is 4. The Labute approximate surface area is 320 Å². The number of nitrogens with two attached hydrogens (primary N) is 2. The number of imidazole rings is 1. The van der Waals surface area contributed by atoms with E-state index in [1.807, 2.05) is 6.92 Å². The third kappa shape index (κ3) is 8.53. The summed E-state index contributed by atoms with van der Waals surface area (Å²) in [6.45, 7) is 6.17. The van der Waals surface area contributed by atoms with Crippen LogP contribution < -0.4 is 17.2 Å². The summed E-state index contributed by atoms with van der Waals surface area (Å²) < 4.78 is 63.1. The van der Waals surface area contributed by atoms with Crippen LogP contribution in [0.3, 0.4) is 0 Å². The molecule has 4 unspecified atom stereocenters. The molecule has 0 radical (unpaired) electrons. The molecule has 6 N–H and O–H groups in total. The van der Waals surface area contributed by atoms with Gasteiger partial charge in [0.05, 0.1) is 19.0 Å². The molecule has 22 nitrogen and oxygen atoms in total. The second-order valence-corrected chi connectivity index (χ2v) is 16.7. The molecule has 304 valence electrons. The molecule has 10 atom stereocenters. The van der Waals surface area contributed by atoms with E-state index in [-0.39, 0.29) is 49.8 Å². The summed E-state index contributed by atoms with van der Waals surface area (Å²) in [5.41, 5.74) is 11.4. The predicted octanol–water partition coefficient (Wildman–Crippen LogP) is 1.33. The molecule has 3 aromatic heterocycles. The van der Waals surface area contributed by atoms with E-state index in [4.69, 9.17) is 39.5 Å². The van der Waals surface area contributed by atoms with Gasteiger partial charge in [0.15, 0.2) is 11.5 Å². The molecule has 3 saturated heterocycles. The molecule has 1 amide bonds. The third-order valence-corrected chi connectivity index (χ3v) is 12.8. The molecule has 0 aliphatic carbocycles. The van der Waals surface area contributed by atoms with Crippen molar-refractivity contribution in [3.8, 4) is 0 Å². The van der Waals surface area contributed by atoms with E-state index >= 15 is 0 Å². The van der Waals surface area contributed by atoms with Crippen molar-refractivity contribution in [3.63, 3.8) is 0 Å². The van der Waals surface area contributed by atoms with Crippen molar-refractivity contribution in [1.29, 1.82) is 0 Å². The number of anilines is 2. The van der Waals surface area contributed by atoms with Crippen molar-refractivity contribution in [2.24, 2.45) is 0 Å². The highest BCUT2D eigenvalue weighted by Crippen LogP contribution is 2.64. The number of hydrogen-bond acceptors (Lipinski definition) is 17.